The second-order valence-corrected chi connectivity index (χ2v) is 5.76. The molecule has 0 aromatic carbocycles. The van der Waals surface area contributed by atoms with Gasteiger partial charge in [0.15, 0.2) is 0 Å². The molecule has 1 unspecified atom stereocenters. The summed E-state index contributed by atoms with van der Waals surface area (Å²) in [6, 6.07) is 2.61. The minimum Gasteiger partial charge on any atom is -0.392 e. The molecule has 1 heterocycles. The number of nitrogens with zero attached hydrogens (tertiary/aromatic N) is 1. The number of halogens is 1. The predicted molar refractivity (Wildman–Crippen MR) is 65.4 cm³/mol. The van der Waals surface area contributed by atoms with Gasteiger partial charge in [0.1, 0.15) is 5.15 Å². The number of aliphatic hydroxyl groups excluding tert-OH is 1. The molecule has 7 heteroatoms. The molecule has 17 heavy (non-hydrogen) atoms. The molecule has 96 valence electrons. The molecule has 0 aliphatic carbocycles. The standard InChI is InChI=1S/C10H15ClN2O3S/c1-2-3-8(14)7-13-17(15,16)9-4-5-12-10(11)6-9/h4-6,8,13-14H,2-3,7H2,1H3. The van der Waals surface area contributed by atoms with Crippen molar-refractivity contribution in [1.29, 1.82) is 0 Å². The van der Waals surface area contributed by atoms with Crippen LogP contribution in [0, 0.1) is 0 Å². The number of aliphatic hydroxyl groups is 1. The Hall–Kier alpha value is -0.690. The molecule has 0 aliphatic rings. The van der Waals surface area contributed by atoms with Gasteiger partial charge in [0, 0.05) is 12.7 Å². The summed E-state index contributed by atoms with van der Waals surface area (Å²) in [5.41, 5.74) is 0. The summed E-state index contributed by atoms with van der Waals surface area (Å²) in [6.45, 7) is 1.91. The largest absolute Gasteiger partial charge is 0.392 e. The van der Waals surface area contributed by atoms with E-state index in [1.807, 2.05) is 6.92 Å². The second-order valence-electron chi connectivity index (χ2n) is 3.61. The number of nitrogens with one attached hydrogen (secondary N) is 1. The van der Waals surface area contributed by atoms with Crippen molar-refractivity contribution in [3.8, 4) is 0 Å². The molecule has 0 saturated heterocycles. The lowest BCUT2D eigenvalue weighted by Crippen LogP contribution is -2.32. The summed E-state index contributed by atoms with van der Waals surface area (Å²) < 4.78 is 25.9. The number of aromatic nitrogens is 1. The maximum atomic E-state index is 11.8. The zero-order valence-corrected chi connectivity index (χ0v) is 11.0. The van der Waals surface area contributed by atoms with Crippen LogP contribution < -0.4 is 4.72 Å². The lowest BCUT2D eigenvalue weighted by molar-refractivity contribution is 0.167. The van der Waals surface area contributed by atoms with Gasteiger partial charge >= 0.3 is 0 Å². The highest BCUT2D eigenvalue weighted by molar-refractivity contribution is 7.89. The normalized spacial score (nSPS) is 13.6. The third-order valence-corrected chi connectivity index (χ3v) is 3.77. The van der Waals surface area contributed by atoms with E-state index in [0.717, 1.165) is 6.42 Å². The van der Waals surface area contributed by atoms with Gasteiger partial charge in [0.05, 0.1) is 11.0 Å². The zero-order valence-electron chi connectivity index (χ0n) is 9.43. The van der Waals surface area contributed by atoms with Crippen molar-refractivity contribution < 1.29 is 13.5 Å². The highest BCUT2D eigenvalue weighted by Gasteiger charge is 2.15. The average Bonchev–Trinajstić information content (AvgIpc) is 2.27. The Kier molecular flexibility index (Phi) is 5.32. The minimum absolute atomic E-state index is 0.00385. The van der Waals surface area contributed by atoms with Crippen LogP contribution in [0.3, 0.4) is 0 Å². The Morgan fingerprint density at radius 3 is 2.88 bits per heavy atom. The lowest BCUT2D eigenvalue weighted by Gasteiger charge is -2.11. The van der Waals surface area contributed by atoms with Crippen molar-refractivity contribution in [3.05, 3.63) is 23.5 Å². The van der Waals surface area contributed by atoms with E-state index in [4.69, 9.17) is 11.6 Å². The first-order chi connectivity index (χ1) is 7.95. The summed E-state index contributed by atoms with van der Waals surface area (Å²) in [7, 11) is -3.63. The third kappa shape index (κ3) is 4.59. The third-order valence-electron chi connectivity index (χ3n) is 2.14. The molecule has 0 spiro atoms. The quantitative estimate of drug-likeness (QED) is 0.766. The van der Waals surface area contributed by atoms with Gasteiger partial charge in [-0.2, -0.15) is 0 Å². The van der Waals surface area contributed by atoms with E-state index in [1.54, 1.807) is 0 Å². The summed E-state index contributed by atoms with van der Waals surface area (Å²) in [6.07, 6.45) is 2.00. The first-order valence-corrected chi connectivity index (χ1v) is 7.11. The van der Waals surface area contributed by atoms with E-state index in [0.29, 0.717) is 6.42 Å². The molecule has 0 bridgehead atoms. The lowest BCUT2D eigenvalue weighted by atomic mass is 10.2. The molecule has 0 saturated carbocycles. The van der Waals surface area contributed by atoms with Crippen LogP contribution in [0.25, 0.3) is 0 Å². The van der Waals surface area contributed by atoms with Crippen molar-refractivity contribution >= 4 is 21.6 Å². The van der Waals surface area contributed by atoms with Gasteiger partial charge in [-0.15, -0.1) is 0 Å². The summed E-state index contributed by atoms with van der Waals surface area (Å²) in [4.78, 5) is 3.74. The van der Waals surface area contributed by atoms with Crippen molar-refractivity contribution in [2.45, 2.75) is 30.8 Å². The van der Waals surface area contributed by atoms with Crippen LogP contribution in [0.5, 0.6) is 0 Å². The Morgan fingerprint density at radius 2 is 2.29 bits per heavy atom. The molecule has 0 aliphatic heterocycles. The minimum atomic E-state index is -3.63. The van der Waals surface area contributed by atoms with Gasteiger partial charge in [0.2, 0.25) is 10.0 Å². The SMILES string of the molecule is CCCC(O)CNS(=O)(=O)c1ccnc(Cl)c1. The van der Waals surface area contributed by atoms with Crippen molar-refractivity contribution in [3.63, 3.8) is 0 Å². The molecule has 1 aromatic heterocycles. The van der Waals surface area contributed by atoms with Gasteiger partial charge in [-0.3, -0.25) is 0 Å². The molecule has 1 atom stereocenters. The number of rotatable bonds is 6. The topological polar surface area (TPSA) is 79.3 Å². The average molecular weight is 279 g/mol. The van der Waals surface area contributed by atoms with Gasteiger partial charge < -0.3 is 5.11 Å². The van der Waals surface area contributed by atoms with Crippen LogP contribution in [0.4, 0.5) is 0 Å². The van der Waals surface area contributed by atoms with E-state index in [1.165, 1.54) is 18.3 Å². The van der Waals surface area contributed by atoms with Crippen LogP contribution in [0.2, 0.25) is 5.15 Å². The van der Waals surface area contributed by atoms with E-state index in [-0.39, 0.29) is 16.6 Å². The summed E-state index contributed by atoms with van der Waals surface area (Å²) >= 11 is 5.61. The molecule has 2 N–H and O–H groups in total. The van der Waals surface area contributed by atoms with Gasteiger partial charge in [-0.1, -0.05) is 24.9 Å². The van der Waals surface area contributed by atoms with Crippen LogP contribution >= 0.6 is 11.6 Å². The summed E-state index contributed by atoms with van der Waals surface area (Å²) in [5.74, 6) is 0. The van der Waals surface area contributed by atoms with E-state index >= 15 is 0 Å². The Morgan fingerprint density at radius 1 is 1.59 bits per heavy atom. The fourth-order valence-corrected chi connectivity index (χ4v) is 2.60. The van der Waals surface area contributed by atoms with Gasteiger partial charge in [-0.25, -0.2) is 18.1 Å². The van der Waals surface area contributed by atoms with E-state index in [2.05, 4.69) is 9.71 Å². The zero-order chi connectivity index (χ0) is 12.9. The summed E-state index contributed by atoms with van der Waals surface area (Å²) in [5, 5.41) is 9.56. The van der Waals surface area contributed by atoms with Crippen LogP contribution in [-0.2, 0) is 10.0 Å². The predicted octanol–water partition coefficient (Wildman–Crippen LogP) is 1.17. The first kappa shape index (κ1) is 14.4. The molecular formula is C10H15ClN2O3S. The number of hydrogen-bond acceptors (Lipinski definition) is 4. The molecular weight excluding hydrogens is 264 g/mol. The van der Waals surface area contributed by atoms with Crippen LogP contribution in [0.15, 0.2) is 23.2 Å². The number of sulfonamides is 1. The fraction of sp³-hybridized carbons (Fsp3) is 0.500. The van der Waals surface area contributed by atoms with Crippen molar-refractivity contribution in [1.82, 2.24) is 9.71 Å². The van der Waals surface area contributed by atoms with E-state index < -0.39 is 16.1 Å². The van der Waals surface area contributed by atoms with Crippen molar-refractivity contribution in [2.75, 3.05) is 6.54 Å². The monoisotopic (exact) mass is 278 g/mol. The highest BCUT2D eigenvalue weighted by Crippen LogP contribution is 2.12. The molecule has 0 fully saturated rings. The maximum Gasteiger partial charge on any atom is 0.240 e. The Bertz CT molecular complexity index is 464. The number of hydrogen-bond donors (Lipinski definition) is 2. The van der Waals surface area contributed by atoms with Gasteiger partial charge in [-0.05, 0) is 18.6 Å². The highest BCUT2D eigenvalue weighted by atomic mass is 35.5. The van der Waals surface area contributed by atoms with Crippen LogP contribution in [0.1, 0.15) is 19.8 Å². The smallest absolute Gasteiger partial charge is 0.240 e. The molecule has 0 amide bonds. The molecule has 0 radical (unpaired) electrons. The molecule has 1 aromatic rings. The fourth-order valence-electron chi connectivity index (χ4n) is 1.28. The van der Waals surface area contributed by atoms with Crippen molar-refractivity contribution in [2.24, 2.45) is 0 Å². The van der Waals surface area contributed by atoms with Gasteiger partial charge in [0.25, 0.3) is 0 Å². The van der Waals surface area contributed by atoms with Crippen LogP contribution in [-0.4, -0.2) is 31.2 Å². The molecule has 1 rings (SSSR count). The van der Waals surface area contributed by atoms with E-state index in [9.17, 15) is 13.5 Å². The second kappa shape index (κ2) is 6.30. The number of pyridine rings is 1. The maximum absolute atomic E-state index is 11.8. The molecule has 5 nitrogen and oxygen atoms in total. The Balaban J connectivity index is 2.69. The Labute approximate surface area is 106 Å². The first-order valence-electron chi connectivity index (χ1n) is 5.25.